The van der Waals surface area contributed by atoms with Gasteiger partial charge in [-0.2, -0.15) is 0 Å². The number of nitrogen functional groups attached to an aromatic ring is 1. The van der Waals surface area contributed by atoms with E-state index in [0.29, 0.717) is 23.8 Å². The molecule has 1 saturated carbocycles. The Kier molecular flexibility index (Phi) is 4.40. The molecule has 0 unspecified atom stereocenters. The van der Waals surface area contributed by atoms with Crippen LogP contribution in [0.25, 0.3) is 0 Å². The Morgan fingerprint density at radius 3 is 2.68 bits per heavy atom. The molecule has 1 aliphatic carbocycles. The Labute approximate surface area is 114 Å². The van der Waals surface area contributed by atoms with Gasteiger partial charge in [0.25, 0.3) is 0 Å². The van der Waals surface area contributed by atoms with Gasteiger partial charge < -0.3 is 10.5 Å². The second-order valence-electron chi connectivity index (χ2n) is 5.29. The van der Waals surface area contributed by atoms with E-state index in [1.54, 1.807) is 6.20 Å². The topological polar surface area (TPSA) is 65.2 Å². The maximum absolute atomic E-state index is 11.6. The molecule has 1 heterocycles. The molecule has 19 heavy (non-hydrogen) atoms. The molecule has 0 amide bonds. The third kappa shape index (κ3) is 3.46. The Balaban J connectivity index is 1.88. The van der Waals surface area contributed by atoms with Crippen molar-refractivity contribution in [3.05, 3.63) is 17.8 Å². The van der Waals surface area contributed by atoms with Gasteiger partial charge in [-0.15, -0.1) is 0 Å². The smallest absolute Gasteiger partial charge is 0.213 e. The normalized spacial score (nSPS) is 23.1. The van der Waals surface area contributed by atoms with Crippen LogP contribution in [0.4, 0.5) is 5.69 Å². The molecule has 4 nitrogen and oxygen atoms in total. The molecule has 0 aliphatic heterocycles. The zero-order valence-electron chi connectivity index (χ0n) is 11.7. The van der Waals surface area contributed by atoms with Crippen LogP contribution in [0.5, 0.6) is 5.88 Å². The first kappa shape index (κ1) is 13.8. The largest absolute Gasteiger partial charge is 0.474 e. The molecule has 0 atom stereocenters. The van der Waals surface area contributed by atoms with Crippen LogP contribution in [0.2, 0.25) is 0 Å². The zero-order valence-corrected chi connectivity index (χ0v) is 11.7. The molecule has 1 aromatic heterocycles. The van der Waals surface area contributed by atoms with Gasteiger partial charge in [0.2, 0.25) is 5.88 Å². The third-order valence-corrected chi connectivity index (χ3v) is 3.89. The summed E-state index contributed by atoms with van der Waals surface area (Å²) < 4.78 is 5.87. The van der Waals surface area contributed by atoms with Gasteiger partial charge in [0, 0.05) is 18.4 Å². The molecule has 0 spiro atoms. The first-order chi connectivity index (χ1) is 9.10. The fourth-order valence-electron chi connectivity index (χ4n) is 2.57. The number of carbonyl (C=O) groups excluding carboxylic acids is 1. The molecule has 1 aliphatic rings. The van der Waals surface area contributed by atoms with E-state index in [-0.39, 0.29) is 12.0 Å². The molecule has 104 valence electrons. The first-order valence-electron chi connectivity index (χ1n) is 7.01. The molecule has 0 saturated heterocycles. The number of nitrogens with zero attached hydrogens (tertiary/aromatic N) is 1. The maximum atomic E-state index is 11.6. The summed E-state index contributed by atoms with van der Waals surface area (Å²) in [5.74, 6) is 1.27. The van der Waals surface area contributed by atoms with Crippen LogP contribution >= 0.6 is 0 Å². The SMILES string of the molecule is CCC(=O)[C@H]1CC[C@@H](Oc2cc(C)c(N)cn2)CC1. The second kappa shape index (κ2) is 6.04. The highest BCUT2D eigenvalue weighted by atomic mass is 16.5. The number of ether oxygens (including phenoxy) is 1. The van der Waals surface area contributed by atoms with Gasteiger partial charge in [-0.25, -0.2) is 4.98 Å². The van der Waals surface area contributed by atoms with E-state index in [4.69, 9.17) is 10.5 Å². The van der Waals surface area contributed by atoms with Crippen LogP contribution in [0.3, 0.4) is 0 Å². The molecule has 0 aromatic carbocycles. The van der Waals surface area contributed by atoms with E-state index in [0.717, 1.165) is 31.2 Å². The number of rotatable bonds is 4. The lowest BCUT2D eigenvalue weighted by molar-refractivity contribution is -0.123. The highest BCUT2D eigenvalue weighted by Gasteiger charge is 2.26. The molecule has 4 heteroatoms. The van der Waals surface area contributed by atoms with Crippen molar-refractivity contribution in [1.82, 2.24) is 4.98 Å². The van der Waals surface area contributed by atoms with Crippen LogP contribution in [0.15, 0.2) is 12.3 Å². The van der Waals surface area contributed by atoms with Crippen LogP contribution < -0.4 is 10.5 Å². The van der Waals surface area contributed by atoms with Crippen molar-refractivity contribution >= 4 is 11.5 Å². The number of anilines is 1. The summed E-state index contributed by atoms with van der Waals surface area (Å²) in [5.41, 5.74) is 7.40. The van der Waals surface area contributed by atoms with Crippen molar-refractivity contribution in [2.24, 2.45) is 5.92 Å². The monoisotopic (exact) mass is 262 g/mol. The van der Waals surface area contributed by atoms with Crippen LogP contribution in [0.1, 0.15) is 44.6 Å². The highest BCUT2D eigenvalue weighted by Crippen LogP contribution is 2.28. The average molecular weight is 262 g/mol. The number of aromatic nitrogens is 1. The number of hydrogen-bond acceptors (Lipinski definition) is 4. The molecule has 1 aromatic rings. The van der Waals surface area contributed by atoms with Gasteiger partial charge in [0.05, 0.1) is 11.9 Å². The number of nitrogens with two attached hydrogens (primary N) is 1. The van der Waals surface area contributed by atoms with E-state index in [9.17, 15) is 4.79 Å². The van der Waals surface area contributed by atoms with Crippen molar-refractivity contribution in [2.45, 2.75) is 52.1 Å². The Hall–Kier alpha value is -1.58. The fourth-order valence-corrected chi connectivity index (χ4v) is 2.57. The third-order valence-electron chi connectivity index (χ3n) is 3.89. The van der Waals surface area contributed by atoms with E-state index in [1.165, 1.54) is 0 Å². The second-order valence-corrected chi connectivity index (χ2v) is 5.29. The summed E-state index contributed by atoms with van der Waals surface area (Å²) in [6.07, 6.45) is 6.20. The predicted octanol–water partition coefficient (Wildman–Crippen LogP) is 2.89. The molecule has 0 radical (unpaired) electrons. The molecular weight excluding hydrogens is 240 g/mol. The number of carbonyl (C=O) groups is 1. The Morgan fingerprint density at radius 1 is 1.42 bits per heavy atom. The lowest BCUT2D eigenvalue weighted by Gasteiger charge is -2.27. The number of pyridine rings is 1. The van der Waals surface area contributed by atoms with Crippen LogP contribution in [-0.2, 0) is 4.79 Å². The maximum Gasteiger partial charge on any atom is 0.213 e. The fraction of sp³-hybridized carbons (Fsp3) is 0.600. The zero-order chi connectivity index (χ0) is 13.8. The van der Waals surface area contributed by atoms with E-state index < -0.39 is 0 Å². The van der Waals surface area contributed by atoms with Gasteiger partial charge in [-0.05, 0) is 38.2 Å². The average Bonchev–Trinajstić information content (AvgIpc) is 2.43. The minimum Gasteiger partial charge on any atom is -0.474 e. The van der Waals surface area contributed by atoms with Crippen LogP contribution in [-0.4, -0.2) is 16.9 Å². The lowest BCUT2D eigenvalue weighted by atomic mass is 9.84. The van der Waals surface area contributed by atoms with Gasteiger partial charge in [0.15, 0.2) is 0 Å². The predicted molar refractivity (Wildman–Crippen MR) is 75.1 cm³/mol. The van der Waals surface area contributed by atoms with Gasteiger partial charge in [0.1, 0.15) is 11.9 Å². The lowest BCUT2D eigenvalue weighted by Crippen LogP contribution is -2.28. The Morgan fingerprint density at radius 2 is 2.11 bits per heavy atom. The van der Waals surface area contributed by atoms with E-state index >= 15 is 0 Å². The number of ketones is 1. The summed E-state index contributed by atoms with van der Waals surface area (Å²) in [4.78, 5) is 15.8. The highest BCUT2D eigenvalue weighted by molar-refractivity contribution is 5.80. The van der Waals surface area contributed by atoms with E-state index in [2.05, 4.69) is 4.98 Å². The molecule has 1 fully saturated rings. The van der Waals surface area contributed by atoms with E-state index in [1.807, 2.05) is 19.9 Å². The number of aryl methyl sites for hydroxylation is 1. The van der Waals surface area contributed by atoms with Crippen molar-refractivity contribution in [3.8, 4) is 5.88 Å². The molecular formula is C15H22N2O2. The molecule has 2 rings (SSSR count). The van der Waals surface area contributed by atoms with Crippen molar-refractivity contribution in [2.75, 3.05) is 5.73 Å². The standard InChI is InChI=1S/C15H22N2O2/c1-3-14(18)11-4-6-12(7-5-11)19-15-8-10(2)13(16)9-17-15/h8-9,11-12H,3-7,16H2,1-2H3/t11-,12+. The molecule has 2 N–H and O–H groups in total. The summed E-state index contributed by atoms with van der Waals surface area (Å²) in [5, 5.41) is 0. The Bertz CT molecular complexity index is 451. The van der Waals surface area contributed by atoms with Gasteiger partial charge >= 0.3 is 0 Å². The van der Waals surface area contributed by atoms with Crippen molar-refractivity contribution in [1.29, 1.82) is 0 Å². The summed E-state index contributed by atoms with van der Waals surface area (Å²) in [6.45, 7) is 3.88. The quantitative estimate of drug-likeness (QED) is 0.906. The first-order valence-corrected chi connectivity index (χ1v) is 7.01. The minimum absolute atomic E-state index is 0.177. The minimum atomic E-state index is 0.177. The van der Waals surface area contributed by atoms with Crippen molar-refractivity contribution in [3.63, 3.8) is 0 Å². The summed E-state index contributed by atoms with van der Waals surface area (Å²) in [7, 11) is 0. The summed E-state index contributed by atoms with van der Waals surface area (Å²) >= 11 is 0. The van der Waals surface area contributed by atoms with Gasteiger partial charge in [-0.3, -0.25) is 4.79 Å². The van der Waals surface area contributed by atoms with Crippen molar-refractivity contribution < 1.29 is 9.53 Å². The molecule has 0 bridgehead atoms. The summed E-state index contributed by atoms with van der Waals surface area (Å²) in [6, 6.07) is 1.87. The van der Waals surface area contributed by atoms with Gasteiger partial charge in [-0.1, -0.05) is 6.92 Å². The van der Waals surface area contributed by atoms with Crippen LogP contribution in [0, 0.1) is 12.8 Å². The number of hydrogen-bond donors (Lipinski definition) is 1. The number of Topliss-reactive ketones (excluding diaryl/α,β-unsaturated/α-hetero) is 1.